The maximum atomic E-state index is 12.7. The molecule has 5 heteroatoms. The first-order chi connectivity index (χ1) is 13.8. The molecule has 1 aliphatic rings. The average Bonchev–Trinajstić information content (AvgIpc) is 2.63. The summed E-state index contributed by atoms with van der Waals surface area (Å²) in [4.78, 5) is 27.7. The van der Waals surface area contributed by atoms with Gasteiger partial charge in [-0.1, -0.05) is 55.3 Å². The van der Waals surface area contributed by atoms with E-state index >= 15 is 0 Å². The summed E-state index contributed by atoms with van der Waals surface area (Å²) < 4.78 is 7.53. The van der Waals surface area contributed by atoms with Gasteiger partial charge < -0.3 is 4.74 Å². The van der Waals surface area contributed by atoms with Crippen LogP contribution in [0.3, 0.4) is 0 Å². The number of ether oxygens (including phenoxy) is 1. The molecule has 0 saturated heterocycles. The number of rotatable bonds is 7. The van der Waals surface area contributed by atoms with Crippen LogP contribution in [0.2, 0.25) is 0 Å². The third kappa shape index (κ3) is 5.36. The average molecular weight is 397 g/mol. The lowest BCUT2D eigenvalue weighted by molar-refractivity contribution is 0.0522. The molecule has 0 radical (unpaired) electrons. The van der Waals surface area contributed by atoms with Crippen LogP contribution >= 0.6 is 0 Å². The first-order valence-corrected chi connectivity index (χ1v) is 10.5. The van der Waals surface area contributed by atoms with Gasteiger partial charge in [0.15, 0.2) is 0 Å². The summed E-state index contributed by atoms with van der Waals surface area (Å²) in [5.41, 5.74) is 4.14. The molecule has 0 saturated carbocycles. The minimum atomic E-state index is -0.405. The minimum absolute atomic E-state index is 0.00721. The molecular weight excluding hydrogens is 364 g/mol. The lowest BCUT2D eigenvalue weighted by atomic mass is 9.96. The Morgan fingerprint density at radius 3 is 2.52 bits per heavy atom. The van der Waals surface area contributed by atoms with Crippen LogP contribution in [0.5, 0.6) is 0 Å². The van der Waals surface area contributed by atoms with E-state index < -0.39 is 5.69 Å². The molecule has 1 aromatic heterocycles. The van der Waals surface area contributed by atoms with Crippen LogP contribution in [-0.4, -0.2) is 16.2 Å². The first-order valence-electron chi connectivity index (χ1n) is 10.5. The number of benzene rings is 1. The van der Waals surface area contributed by atoms with Crippen molar-refractivity contribution in [3.63, 3.8) is 0 Å². The Labute approximate surface area is 172 Å². The highest BCUT2D eigenvalue weighted by molar-refractivity contribution is 5.34. The van der Waals surface area contributed by atoms with Gasteiger partial charge in [0.25, 0.3) is 5.56 Å². The molecule has 1 N–H and O–H groups in total. The second-order valence-corrected chi connectivity index (χ2v) is 8.49. The number of nitrogens with zero attached hydrogens (tertiary/aromatic N) is 1. The lowest BCUT2D eigenvalue weighted by Gasteiger charge is -2.20. The monoisotopic (exact) mass is 396 g/mol. The Balaban J connectivity index is 1.94. The molecule has 1 aliphatic carbocycles. The van der Waals surface area contributed by atoms with Gasteiger partial charge in [-0.2, -0.15) is 0 Å². The van der Waals surface area contributed by atoms with Crippen molar-refractivity contribution in [2.24, 2.45) is 5.92 Å². The Morgan fingerprint density at radius 2 is 1.90 bits per heavy atom. The Kier molecular flexibility index (Phi) is 6.91. The number of nitrogens with one attached hydrogen (secondary N) is 1. The quantitative estimate of drug-likeness (QED) is 0.714. The van der Waals surface area contributed by atoms with Crippen LogP contribution in [0, 0.1) is 19.8 Å². The zero-order chi connectivity index (χ0) is 21.0. The topological polar surface area (TPSA) is 64.1 Å². The van der Waals surface area contributed by atoms with E-state index in [2.05, 4.69) is 49.2 Å². The zero-order valence-corrected chi connectivity index (χ0v) is 18.0. The van der Waals surface area contributed by atoms with Gasteiger partial charge in [0.1, 0.15) is 6.73 Å². The van der Waals surface area contributed by atoms with Crippen molar-refractivity contribution in [2.45, 2.75) is 66.0 Å². The first kappa shape index (κ1) is 21.3. The van der Waals surface area contributed by atoms with Crippen molar-refractivity contribution in [3.8, 4) is 0 Å². The lowest BCUT2D eigenvalue weighted by Crippen LogP contribution is -2.37. The largest absolute Gasteiger partial charge is 0.360 e. The molecule has 5 nitrogen and oxygen atoms in total. The second-order valence-electron chi connectivity index (χ2n) is 8.49. The van der Waals surface area contributed by atoms with E-state index in [1.54, 1.807) is 4.57 Å². The number of H-pyrrole nitrogens is 1. The van der Waals surface area contributed by atoms with Gasteiger partial charge in [-0.15, -0.1) is 0 Å². The van der Waals surface area contributed by atoms with Crippen molar-refractivity contribution >= 4 is 0 Å². The van der Waals surface area contributed by atoms with Gasteiger partial charge in [-0.05, 0) is 44.6 Å². The van der Waals surface area contributed by atoms with Crippen LogP contribution in [0.4, 0.5) is 0 Å². The van der Waals surface area contributed by atoms with E-state index in [1.165, 1.54) is 17.5 Å². The molecule has 3 rings (SSSR count). The zero-order valence-electron chi connectivity index (χ0n) is 18.0. The van der Waals surface area contributed by atoms with Crippen LogP contribution in [0.15, 0.2) is 39.9 Å². The molecule has 0 bridgehead atoms. The predicted octanol–water partition coefficient (Wildman–Crippen LogP) is 4.20. The number of aromatic nitrogens is 2. The van der Waals surface area contributed by atoms with Crippen molar-refractivity contribution in [1.29, 1.82) is 0 Å². The summed E-state index contributed by atoms with van der Waals surface area (Å²) in [6, 6.07) is 6.35. The number of aryl methyl sites for hydroxylation is 2. The normalized spacial score (nSPS) is 16.5. The van der Waals surface area contributed by atoms with E-state index in [1.807, 2.05) is 13.8 Å². The number of hydrogen-bond donors (Lipinski definition) is 1. The van der Waals surface area contributed by atoms with Gasteiger partial charge in [0, 0.05) is 23.6 Å². The molecule has 0 spiro atoms. The molecule has 0 aliphatic heterocycles. The summed E-state index contributed by atoms with van der Waals surface area (Å²) in [6.45, 7) is 8.83. The molecule has 1 unspecified atom stereocenters. The van der Waals surface area contributed by atoms with E-state index in [9.17, 15) is 9.59 Å². The molecule has 156 valence electrons. The summed E-state index contributed by atoms with van der Waals surface area (Å²) in [5, 5.41) is 0. The fourth-order valence-electron chi connectivity index (χ4n) is 4.24. The molecule has 0 amide bonds. The van der Waals surface area contributed by atoms with Crippen LogP contribution in [0.25, 0.3) is 0 Å². The SMILES string of the molecule is Cc1cc(C)cc(Cc2c(C(C)C)c(=O)[nH]c(=O)n2COCC2C=CCCC2)c1. The Morgan fingerprint density at radius 1 is 1.17 bits per heavy atom. The fraction of sp³-hybridized carbons (Fsp3) is 0.500. The highest BCUT2D eigenvalue weighted by Gasteiger charge is 2.19. The highest BCUT2D eigenvalue weighted by Crippen LogP contribution is 2.21. The van der Waals surface area contributed by atoms with Crippen LogP contribution in [0.1, 0.15) is 67.0 Å². The highest BCUT2D eigenvalue weighted by atomic mass is 16.5. The third-order valence-electron chi connectivity index (χ3n) is 5.48. The smallest absolute Gasteiger partial charge is 0.330 e. The Hall–Kier alpha value is -2.40. The minimum Gasteiger partial charge on any atom is -0.360 e. The van der Waals surface area contributed by atoms with Crippen molar-refractivity contribution in [3.05, 3.63) is 79.1 Å². The summed E-state index contributed by atoms with van der Waals surface area (Å²) in [6.07, 6.45) is 8.36. The third-order valence-corrected chi connectivity index (χ3v) is 5.48. The van der Waals surface area contributed by atoms with Crippen molar-refractivity contribution < 1.29 is 4.74 Å². The second kappa shape index (κ2) is 9.40. The van der Waals surface area contributed by atoms with Crippen LogP contribution in [-0.2, 0) is 17.9 Å². The van der Waals surface area contributed by atoms with E-state index in [0.717, 1.165) is 24.1 Å². The van der Waals surface area contributed by atoms with Gasteiger partial charge in [-0.3, -0.25) is 14.3 Å². The van der Waals surface area contributed by atoms with E-state index in [0.29, 0.717) is 24.5 Å². The fourth-order valence-corrected chi connectivity index (χ4v) is 4.24. The van der Waals surface area contributed by atoms with Crippen molar-refractivity contribution in [2.75, 3.05) is 6.61 Å². The molecule has 2 aromatic rings. The van der Waals surface area contributed by atoms with Gasteiger partial charge in [-0.25, -0.2) is 4.79 Å². The predicted molar refractivity (Wildman–Crippen MR) is 117 cm³/mol. The molecule has 0 fully saturated rings. The van der Waals surface area contributed by atoms with Crippen molar-refractivity contribution in [1.82, 2.24) is 9.55 Å². The summed E-state index contributed by atoms with van der Waals surface area (Å²) >= 11 is 0. The maximum absolute atomic E-state index is 12.7. The summed E-state index contributed by atoms with van der Waals surface area (Å²) in [7, 11) is 0. The molecule has 1 heterocycles. The molecule has 1 atom stereocenters. The summed E-state index contributed by atoms with van der Waals surface area (Å²) in [5.74, 6) is 0.405. The Bertz CT molecular complexity index is 978. The van der Waals surface area contributed by atoms with Gasteiger partial charge >= 0.3 is 5.69 Å². The standard InChI is InChI=1S/C24H32N2O3/c1-16(2)22-21(13-20-11-17(3)10-18(4)12-20)26(24(28)25-23(22)27)15-29-14-19-8-6-5-7-9-19/h6,8,10-12,16,19H,5,7,9,13-15H2,1-4H3,(H,25,27,28). The molecule has 29 heavy (non-hydrogen) atoms. The molecular formula is C24H32N2O3. The maximum Gasteiger partial charge on any atom is 0.330 e. The van der Waals surface area contributed by atoms with E-state index in [-0.39, 0.29) is 18.2 Å². The van der Waals surface area contributed by atoms with Crippen LogP contribution < -0.4 is 11.2 Å². The number of allylic oxidation sites excluding steroid dienone is 1. The van der Waals surface area contributed by atoms with Gasteiger partial charge in [0.2, 0.25) is 0 Å². The number of aromatic amines is 1. The molecule has 1 aromatic carbocycles. The van der Waals surface area contributed by atoms with E-state index in [4.69, 9.17) is 4.74 Å². The van der Waals surface area contributed by atoms with Gasteiger partial charge in [0.05, 0.1) is 6.61 Å². The number of hydrogen-bond acceptors (Lipinski definition) is 3.